The van der Waals surface area contributed by atoms with Crippen LogP contribution in [0.2, 0.25) is 0 Å². The van der Waals surface area contributed by atoms with Crippen LogP contribution >= 0.6 is 0 Å². The van der Waals surface area contributed by atoms with Gasteiger partial charge >= 0.3 is 12.1 Å². The first-order chi connectivity index (χ1) is 15.4. The Morgan fingerprint density at radius 2 is 1.79 bits per heavy atom. The van der Waals surface area contributed by atoms with E-state index in [1.807, 2.05) is 0 Å². The number of alkyl carbamates (subject to hydrolysis) is 1. The van der Waals surface area contributed by atoms with Crippen molar-refractivity contribution in [3.05, 3.63) is 29.3 Å². The molecule has 0 heterocycles. The molecule has 0 aliphatic rings. The smallest absolute Gasteiger partial charge is 0.407 e. The van der Waals surface area contributed by atoms with Crippen LogP contribution in [0, 0.1) is 11.6 Å². The molecule has 0 spiro atoms. The number of carbonyl (C=O) groups excluding carboxylic acids is 3. The van der Waals surface area contributed by atoms with Crippen LogP contribution in [0.5, 0.6) is 5.75 Å². The summed E-state index contributed by atoms with van der Waals surface area (Å²) in [5, 5.41) is 2.58. The Bertz CT molecular complexity index is 811. The number of methoxy groups -OCH3 is 1. The first-order valence-electron chi connectivity index (χ1n) is 10.9. The van der Waals surface area contributed by atoms with Gasteiger partial charge in [-0.05, 0) is 58.6 Å². The van der Waals surface area contributed by atoms with Gasteiger partial charge in [-0.25, -0.2) is 13.6 Å². The topological polar surface area (TPSA) is 117 Å². The molecule has 0 saturated carbocycles. The minimum atomic E-state index is -0.825. The summed E-state index contributed by atoms with van der Waals surface area (Å²) in [4.78, 5) is 34.3. The lowest BCUT2D eigenvalue weighted by molar-refractivity contribution is -0.140. The lowest BCUT2D eigenvalue weighted by atomic mass is 10.0. The van der Waals surface area contributed by atoms with Crippen LogP contribution in [0.3, 0.4) is 0 Å². The van der Waals surface area contributed by atoms with Gasteiger partial charge in [0.25, 0.3) is 0 Å². The van der Waals surface area contributed by atoms with Gasteiger partial charge in [-0.2, -0.15) is 0 Å². The van der Waals surface area contributed by atoms with Crippen molar-refractivity contribution in [2.75, 3.05) is 13.7 Å². The standard InChI is InChI=1S/C23H34F2N2O6/c1-23(2,3)33-22(30)27-15(10-13-19(26)28)14-32-18-12-11-17(24)16(21(18)25)8-6-5-7-9-20(29)31-4/h11-12,15H,5-10,13-14H2,1-4H3,(H2,26,28)(H,27,30)/t15-/m0/s1. The Morgan fingerprint density at radius 1 is 1.09 bits per heavy atom. The van der Waals surface area contributed by atoms with Crippen LogP contribution in [0.25, 0.3) is 0 Å². The summed E-state index contributed by atoms with van der Waals surface area (Å²) in [6, 6.07) is 1.60. The van der Waals surface area contributed by atoms with Gasteiger partial charge < -0.3 is 25.3 Å². The number of nitrogens with one attached hydrogen (secondary N) is 1. The molecule has 1 rings (SSSR count). The second-order valence-electron chi connectivity index (χ2n) is 8.63. The molecular formula is C23H34F2N2O6. The lowest BCUT2D eigenvalue weighted by Gasteiger charge is -2.24. The largest absolute Gasteiger partial charge is 0.488 e. The normalized spacial score (nSPS) is 12.1. The summed E-state index contributed by atoms with van der Waals surface area (Å²) in [5.41, 5.74) is 4.34. The molecule has 0 fully saturated rings. The maximum absolute atomic E-state index is 14.8. The predicted molar refractivity (Wildman–Crippen MR) is 118 cm³/mol. The second kappa shape index (κ2) is 13.6. The summed E-state index contributed by atoms with van der Waals surface area (Å²) >= 11 is 0. The molecule has 0 bridgehead atoms. The second-order valence-corrected chi connectivity index (χ2v) is 8.63. The molecule has 2 amide bonds. The van der Waals surface area contributed by atoms with Gasteiger partial charge in [0, 0.05) is 18.4 Å². The summed E-state index contributed by atoms with van der Waals surface area (Å²) < 4.78 is 44.3. The molecule has 0 aliphatic heterocycles. The number of ether oxygens (including phenoxy) is 3. The number of hydrogen-bond acceptors (Lipinski definition) is 6. The van der Waals surface area contributed by atoms with Crippen molar-refractivity contribution in [3.63, 3.8) is 0 Å². The Balaban J connectivity index is 2.75. The number of amides is 2. The van der Waals surface area contributed by atoms with Gasteiger partial charge in [-0.15, -0.1) is 0 Å². The number of rotatable bonds is 13. The molecule has 186 valence electrons. The minimum absolute atomic E-state index is 0.0213. The van der Waals surface area contributed by atoms with E-state index in [0.717, 1.165) is 6.07 Å². The number of hydrogen-bond donors (Lipinski definition) is 2. The van der Waals surface area contributed by atoms with Crippen molar-refractivity contribution >= 4 is 18.0 Å². The zero-order chi connectivity index (χ0) is 25.0. The lowest BCUT2D eigenvalue weighted by Crippen LogP contribution is -2.42. The molecule has 1 aromatic carbocycles. The molecule has 1 aromatic rings. The molecule has 33 heavy (non-hydrogen) atoms. The molecule has 0 aromatic heterocycles. The number of halogens is 2. The van der Waals surface area contributed by atoms with E-state index in [1.165, 1.54) is 13.2 Å². The van der Waals surface area contributed by atoms with Gasteiger partial charge in [0.05, 0.1) is 13.2 Å². The monoisotopic (exact) mass is 472 g/mol. The third-order valence-electron chi connectivity index (χ3n) is 4.59. The molecule has 0 unspecified atom stereocenters. The van der Waals surface area contributed by atoms with Crippen molar-refractivity contribution in [2.24, 2.45) is 5.73 Å². The number of carbonyl (C=O) groups is 3. The van der Waals surface area contributed by atoms with Crippen molar-refractivity contribution in [3.8, 4) is 5.75 Å². The van der Waals surface area contributed by atoms with E-state index < -0.39 is 35.3 Å². The molecule has 0 radical (unpaired) electrons. The Hall–Kier alpha value is -2.91. The van der Waals surface area contributed by atoms with Gasteiger partial charge in [0.1, 0.15) is 18.0 Å². The average molecular weight is 473 g/mol. The third kappa shape index (κ3) is 11.5. The maximum atomic E-state index is 14.8. The summed E-state index contributed by atoms with van der Waals surface area (Å²) in [6.45, 7) is 4.93. The zero-order valence-electron chi connectivity index (χ0n) is 19.7. The molecule has 8 nitrogen and oxygen atoms in total. The highest BCUT2D eigenvalue weighted by Crippen LogP contribution is 2.25. The van der Waals surface area contributed by atoms with Gasteiger partial charge in [-0.1, -0.05) is 6.42 Å². The molecule has 0 saturated heterocycles. The third-order valence-corrected chi connectivity index (χ3v) is 4.59. The number of benzene rings is 1. The van der Waals surface area contributed by atoms with E-state index in [4.69, 9.17) is 15.2 Å². The maximum Gasteiger partial charge on any atom is 0.407 e. The molecule has 0 aliphatic carbocycles. The van der Waals surface area contributed by atoms with Crippen molar-refractivity contribution < 1.29 is 37.4 Å². The number of primary amides is 1. The fourth-order valence-electron chi connectivity index (χ4n) is 2.95. The van der Waals surface area contributed by atoms with Crippen molar-refractivity contribution in [2.45, 2.75) is 77.4 Å². The van der Waals surface area contributed by atoms with E-state index in [0.29, 0.717) is 19.3 Å². The summed E-state index contributed by atoms with van der Waals surface area (Å²) in [7, 11) is 1.31. The SMILES string of the molecule is COC(=O)CCCCCc1c(F)ccc(OC[C@H](CCC(N)=O)NC(=O)OC(C)(C)C)c1F. The molecular weight excluding hydrogens is 438 g/mol. The number of esters is 1. The Morgan fingerprint density at radius 3 is 2.39 bits per heavy atom. The van der Waals surface area contributed by atoms with Crippen molar-refractivity contribution in [1.29, 1.82) is 0 Å². The quantitative estimate of drug-likeness (QED) is 0.333. The minimum Gasteiger partial charge on any atom is -0.488 e. The van der Waals surface area contributed by atoms with Crippen LogP contribution in [0.4, 0.5) is 13.6 Å². The molecule has 1 atom stereocenters. The summed E-state index contributed by atoms with van der Waals surface area (Å²) in [6.07, 6.45) is 1.46. The van der Waals surface area contributed by atoms with Crippen LogP contribution in [0.15, 0.2) is 12.1 Å². The van der Waals surface area contributed by atoms with Gasteiger partial charge in [0.2, 0.25) is 5.91 Å². The first-order valence-corrected chi connectivity index (χ1v) is 10.9. The fraction of sp³-hybridized carbons (Fsp3) is 0.609. The van der Waals surface area contributed by atoms with Crippen LogP contribution in [-0.2, 0) is 25.5 Å². The highest BCUT2D eigenvalue weighted by molar-refractivity contribution is 5.74. The van der Waals surface area contributed by atoms with E-state index >= 15 is 0 Å². The number of unbranched alkanes of at least 4 members (excludes halogenated alkanes) is 2. The van der Waals surface area contributed by atoms with Crippen LogP contribution < -0.4 is 15.8 Å². The first kappa shape index (κ1) is 28.1. The van der Waals surface area contributed by atoms with Gasteiger partial charge in [0.15, 0.2) is 11.6 Å². The Kier molecular flexibility index (Phi) is 11.6. The average Bonchev–Trinajstić information content (AvgIpc) is 2.71. The Labute approximate surface area is 193 Å². The van der Waals surface area contributed by atoms with Crippen molar-refractivity contribution in [1.82, 2.24) is 5.32 Å². The van der Waals surface area contributed by atoms with Gasteiger partial charge in [-0.3, -0.25) is 9.59 Å². The highest BCUT2D eigenvalue weighted by Gasteiger charge is 2.22. The molecule has 10 heteroatoms. The predicted octanol–water partition coefficient (Wildman–Crippen LogP) is 3.78. The van der Waals surface area contributed by atoms with Crippen LogP contribution in [0.1, 0.15) is 64.9 Å². The van der Waals surface area contributed by atoms with E-state index in [-0.39, 0.29) is 49.6 Å². The van der Waals surface area contributed by atoms with E-state index in [2.05, 4.69) is 10.1 Å². The molecule has 3 N–H and O–H groups in total. The van der Waals surface area contributed by atoms with E-state index in [1.54, 1.807) is 20.8 Å². The summed E-state index contributed by atoms with van der Waals surface area (Å²) in [5.74, 6) is -2.57. The van der Waals surface area contributed by atoms with Crippen LogP contribution in [-0.4, -0.2) is 43.3 Å². The number of nitrogens with two attached hydrogens (primary N) is 1. The zero-order valence-corrected chi connectivity index (χ0v) is 19.7. The van der Waals surface area contributed by atoms with E-state index in [9.17, 15) is 23.2 Å². The highest BCUT2D eigenvalue weighted by atomic mass is 19.1. The fourth-order valence-corrected chi connectivity index (χ4v) is 2.95.